The quantitative estimate of drug-likeness (QED) is 0.476. The minimum atomic E-state index is -0.392. The van der Waals surface area contributed by atoms with Crippen LogP contribution in [0.15, 0.2) is 12.1 Å². The van der Waals surface area contributed by atoms with Crippen LogP contribution in [-0.2, 0) is 6.42 Å². The summed E-state index contributed by atoms with van der Waals surface area (Å²) in [7, 11) is 0. The number of alkyl halides is 1. The maximum absolute atomic E-state index is 10.7. The van der Waals surface area contributed by atoms with Gasteiger partial charge in [-0.05, 0) is 13.0 Å². The van der Waals surface area contributed by atoms with Crippen molar-refractivity contribution >= 4 is 21.6 Å². The Morgan fingerprint density at radius 1 is 1.64 bits per heavy atom. The smallest absolute Gasteiger partial charge is 0.258 e. The van der Waals surface area contributed by atoms with Gasteiger partial charge in [0.2, 0.25) is 0 Å². The van der Waals surface area contributed by atoms with E-state index < -0.39 is 4.92 Å². The number of halogens is 1. The Kier molecular flexibility index (Phi) is 3.57. The van der Waals surface area contributed by atoms with Crippen molar-refractivity contribution in [3.8, 4) is 0 Å². The lowest BCUT2D eigenvalue weighted by molar-refractivity contribution is -0.385. The molecule has 0 aromatic carbocycles. The van der Waals surface area contributed by atoms with E-state index >= 15 is 0 Å². The lowest BCUT2D eigenvalue weighted by Gasteiger charge is -2.04. The van der Waals surface area contributed by atoms with E-state index in [1.165, 1.54) is 6.07 Å². The van der Waals surface area contributed by atoms with Gasteiger partial charge in [-0.1, -0.05) is 22.9 Å². The zero-order valence-corrected chi connectivity index (χ0v) is 9.61. The van der Waals surface area contributed by atoms with Crippen molar-refractivity contribution in [1.29, 1.82) is 0 Å². The summed E-state index contributed by atoms with van der Waals surface area (Å²) < 4.78 is 0. The number of nitro groups is 1. The molecule has 0 spiro atoms. The van der Waals surface area contributed by atoms with Gasteiger partial charge in [0, 0.05) is 23.0 Å². The van der Waals surface area contributed by atoms with E-state index in [1.54, 1.807) is 6.07 Å². The molecule has 1 aromatic heterocycles. The third-order valence-corrected chi connectivity index (χ3v) is 2.08. The number of pyridine rings is 1. The Labute approximate surface area is 90.6 Å². The van der Waals surface area contributed by atoms with Gasteiger partial charge in [-0.25, -0.2) is 0 Å². The van der Waals surface area contributed by atoms with Crippen LogP contribution in [0.5, 0.6) is 0 Å². The van der Waals surface area contributed by atoms with Crippen molar-refractivity contribution in [2.75, 3.05) is 0 Å². The van der Waals surface area contributed by atoms with Gasteiger partial charge in [-0.3, -0.25) is 15.1 Å². The molecule has 5 heteroatoms. The molecule has 0 saturated carbocycles. The molecule has 1 rings (SSSR count). The Balaban J connectivity index is 3.09. The van der Waals surface area contributed by atoms with Gasteiger partial charge in [-0.15, -0.1) is 0 Å². The van der Waals surface area contributed by atoms with E-state index in [9.17, 15) is 10.1 Å². The number of hydrogen-bond donors (Lipinski definition) is 0. The highest BCUT2D eigenvalue weighted by Crippen LogP contribution is 2.19. The molecule has 0 aliphatic carbocycles. The van der Waals surface area contributed by atoms with Crippen molar-refractivity contribution in [1.82, 2.24) is 4.98 Å². The molecule has 0 amide bonds. The van der Waals surface area contributed by atoms with Crippen LogP contribution >= 0.6 is 15.9 Å². The summed E-state index contributed by atoms with van der Waals surface area (Å²) in [4.78, 5) is 14.6. The minimum absolute atomic E-state index is 0.0990. The fourth-order valence-electron chi connectivity index (χ4n) is 1.19. The fraction of sp³-hybridized carbons (Fsp3) is 0.444. The lowest BCUT2D eigenvalue weighted by atomic mass is 10.2. The van der Waals surface area contributed by atoms with Crippen LogP contribution in [0.4, 0.5) is 5.69 Å². The first-order valence-corrected chi connectivity index (χ1v) is 5.17. The van der Waals surface area contributed by atoms with Crippen molar-refractivity contribution in [2.45, 2.75) is 25.1 Å². The van der Waals surface area contributed by atoms with Crippen LogP contribution in [0.1, 0.15) is 18.3 Å². The maximum atomic E-state index is 10.7. The third kappa shape index (κ3) is 2.77. The molecule has 0 N–H and O–H groups in total. The van der Waals surface area contributed by atoms with Crippen LogP contribution in [0.2, 0.25) is 0 Å². The molecule has 1 heterocycles. The molecule has 1 aromatic rings. The predicted octanol–water partition coefficient (Wildman–Crippen LogP) is 2.62. The maximum Gasteiger partial charge on any atom is 0.290 e. The average molecular weight is 259 g/mol. The number of rotatable bonds is 3. The molecular formula is C9H11BrN2O2. The molecular weight excluding hydrogens is 248 g/mol. The van der Waals surface area contributed by atoms with E-state index in [0.29, 0.717) is 12.1 Å². The van der Waals surface area contributed by atoms with Crippen molar-refractivity contribution < 1.29 is 4.92 Å². The Morgan fingerprint density at radius 2 is 2.29 bits per heavy atom. The Morgan fingerprint density at radius 3 is 2.79 bits per heavy atom. The number of hydrogen-bond acceptors (Lipinski definition) is 3. The van der Waals surface area contributed by atoms with Gasteiger partial charge in [0.05, 0.1) is 4.92 Å². The topological polar surface area (TPSA) is 56.0 Å². The van der Waals surface area contributed by atoms with E-state index in [0.717, 1.165) is 5.69 Å². The molecule has 4 nitrogen and oxygen atoms in total. The van der Waals surface area contributed by atoms with Gasteiger partial charge in [-0.2, -0.15) is 0 Å². The zero-order chi connectivity index (χ0) is 10.7. The van der Waals surface area contributed by atoms with Gasteiger partial charge in [0.1, 0.15) is 5.69 Å². The second-order valence-electron chi connectivity index (χ2n) is 3.16. The average Bonchev–Trinajstić information content (AvgIpc) is 2.01. The molecule has 0 aliphatic rings. The molecule has 0 aliphatic heterocycles. The monoisotopic (exact) mass is 258 g/mol. The molecule has 0 saturated heterocycles. The first-order valence-electron chi connectivity index (χ1n) is 4.25. The van der Waals surface area contributed by atoms with E-state index in [4.69, 9.17) is 0 Å². The summed E-state index contributed by atoms with van der Waals surface area (Å²) in [6.45, 7) is 3.76. The van der Waals surface area contributed by atoms with Gasteiger partial charge in [0.15, 0.2) is 0 Å². The second-order valence-corrected chi connectivity index (χ2v) is 4.72. The second kappa shape index (κ2) is 4.50. The lowest BCUT2D eigenvalue weighted by Crippen LogP contribution is -2.04. The summed E-state index contributed by atoms with van der Waals surface area (Å²) in [6.07, 6.45) is 0.567. The van der Waals surface area contributed by atoms with Crippen molar-refractivity contribution in [3.05, 3.63) is 33.6 Å². The first-order chi connectivity index (χ1) is 6.50. The van der Waals surface area contributed by atoms with Crippen LogP contribution in [0, 0.1) is 17.0 Å². The minimum Gasteiger partial charge on any atom is -0.258 e. The number of aromatic nitrogens is 1. The SMILES string of the molecule is Cc1ccc([N+](=O)[O-])c(CC(C)Br)n1. The zero-order valence-electron chi connectivity index (χ0n) is 8.03. The summed E-state index contributed by atoms with van der Waals surface area (Å²) >= 11 is 3.36. The van der Waals surface area contributed by atoms with Crippen LogP contribution in [-0.4, -0.2) is 14.7 Å². The third-order valence-electron chi connectivity index (χ3n) is 1.76. The summed E-state index contributed by atoms with van der Waals surface area (Å²) in [6, 6.07) is 3.16. The normalized spacial score (nSPS) is 12.5. The highest BCUT2D eigenvalue weighted by atomic mass is 79.9. The molecule has 0 radical (unpaired) electrons. The molecule has 14 heavy (non-hydrogen) atoms. The summed E-state index contributed by atoms with van der Waals surface area (Å²) in [5.41, 5.74) is 1.44. The largest absolute Gasteiger partial charge is 0.290 e. The highest BCUT2D eigenvalue weighted by molar-refractivity contribution is 9.09. The van der Waals surface area contributed by atoms with Gasteiger partial charge in [0.25, 0.3) is 5.69 Å². The Bertz CT molecular complexity index is 353. The predicted molar refractivity (Wildman–Crippen MR) is 57.7 cm³/mol. The summed E-state index contributed by atoms with van der Waals surface area (Å²) in [5, 5.41) is 10.7. The van der Waals surface area contributed by atoms with Crippen molar-refractivity contribution in [2.24, 2.45) is 0 Å². The number of aryl methyl sites for hydroxylation is 1. The summed E-state index contributed by atoms with van der Waals surface area (Å²) in [5.74, 6) is 0. The Hall–Kier alpha value is -0.970. The molecule has 1 unspecified atom stereocenters. The van der Waals surface area contributed by atoms with Gasteiger partial charge < -0.3 is 0 Å². The number of nitrogens with zero attached hydrogens (tertiary/aromatic N) is 2. The van der Waals surface area contributed by atoms with E-state index in [1.807, 2.05) is 13.8 Å². The van der Waals surface area contributed by atoms with Crippen molar-refractivity contribution in [3.63, 3.8) is 0 Å². The first kappa shape index (κ1) is 11.1. The van der Waals surface area contributed by atoms with Crippen LogP contribution in [0.3, 0.4) is 0 Å². The fourth-order valence-corrected chi connectivity index (χ4v) is 1.49. The van der Waals surface area contributed by atoms with E-state index in [-0.39, 0.29) is 10.5 Å². The molecule has 0 bridgehead atoms. The molecule has 1 atom stereocenters. The van der Waals surface area contributed by atoms with E-state index in [2.05, 4.69) is 20.9 Å². The standard InChI is InChI=1S/C9H11BrN2O2/c1-6(10)5-8-9(12(13)14)4-3-7(2)11-8/h3-4,6H,5H2,1-2H3. The molecule has 76 valence electrons. The molecule has 0 fully saturated rings. The highest BCUT2D eigenvalue weighted by Gasteiger charge is 2.16. The van der Waals surface area contributed by atoms with Crippen LogP contribution in [0.25, 0.3) is 0 Å². The van der Waals surface area contributed by atoms with Gasteiger partial charge >= 0.3 is 0 Å². The van der Waals surface area contributed by atoms with Crippen LogP contribution < -0.4 is 0 Å².